The lowest BCUT2D eigenvalue weighted by molar-refractivity contribution is -0.145. The monoisotopic (exact) mass is 500 g/mol. The number of ether oxygens (including phenoxy) is 3. The highest BCUT2D eigenvalue weighted by molar-refractivity contribution is 5.83. The molecule has 3 fully saturated rings. The van der Waals surface area contributed by atoms with Crippen molar-refractivity contribution in [1.82, 2.24) is 15.2 Å². The van der Waals surface area contributed by atoms with Crippen LogP contribution in [-0.4, -0.2) is 94.2 Å². The number of amides is 1. The summed E-state index contributed by atoms with van der Waals surface area (Å²) in [6, 6.07) is 2.42. The predicted molar refractivity (Wildman–Crippen MR) is 123 cm³/mol. The highest BCUT2D eigenvalue weighted by atomic mass is 19.4. The smallest absolute Gasteiger partial charge is 0.384 e. The van der Waals surface area contributed by atoms with E-state index in [-0.39, 0.29) is 29.9 Å². The molecule has 0 spiro atoms. The van der Waals surface area contributed by atoms with E-state index in [4.69, 9.17) is 14.2 Å². The number of hydrogen-bond acceptors (Lipinski definition) is 7. The molecule has 3 aliphatic rings. The molecule has 2 aliphatic heterocycles. The van der Waals surface area contributed by atoms with Gasteiger partial charge in [0, 0.05) is 65.3 Å². The molecule has 0 bridgehead atoms. The summed E-state index contributed by atoms with van der Waals surface area (Å²) in [6.07, 6.45) is -0.0848. The predicted octanol–water partition coefficient (Wildman–Crippen LogP) is 2.33. The van der Waals surface area contributed by atoms with E-state index in [1.807, 2.05) is 4.90 Å². The van der Waals surface area contributed by atoms with Crippen molar-refractivity contribution < 1.29 is 32.2 Å². The van der Waals surface area contributed by atoms with Crippen LogP contribution < -0.4 is 10.2 Å². The lowest BCUT2D eigenvalue weighted by atomic mass is 9.84. The highest BCUT2D eigenvalue weighted by Gasteiger charge is 2.48. The molecule has 4 atom stereocenters. The van der Waals surface area contributed by atoms with Crippen molar-refractivity contribution in [2.24, 2.45) is 5.41 Å². The van der Waals surface area contributed by atoms with Crippen LogP contribution in [0.1, 0.15) is 31.2 Å². The molecule has 0 aromatic carbocycles. The Morgan fingerprint density at radius 3 is 2.71 bits per heavy atom. The van der Waals surface area contributed by atoms with E-state index in [0.717, 1.165) is 31.4 Å². The number of pyridine rings is 1. The molecule has 0 radical (unpaired) electrons. The van der Waals surface area contributed by atoms with E-state index in [0.29, 0.717) is 52.4 Å². The number of carbonyl (C=O) groups excluding carboxylic acids is 1. The summed E-state index contributed by atoms with van der Waals surface area (Å²) in [4.78, 5) is 21.4. The first-order chi connectivity index (χ1) is 16.8. The fraction of sp³-hybridized carbons (Fsp3) is 0.750. The van der Waals surface area contributed by atoms with Gasteiger partial charge in [-0.2, -0.15) is 13.2 Å². The van der Waals surface area contributed by atoms with E-state index >= 15 is 0 Å². The number of nitrogens with one attached hydrogen (secondary N) is 1. The van der Waals surface area contributed by atoms with Crippen molar-refractivity contribution in [2.45, 2.75) is 50.0 Å². The summed E-state index contributed by atoms with van der Waals surface area (Å²) in [5.41, 5.74) is -1.32. The van der Waals surface area contributed by atoms with Crippen LogP contribution in [0.3, 0.4) is 0 Å². The van der Waals surface area contributed by atoms with E-state index in [2.05, 4.69) is 10.3 Å². The van der Waals surface area contributed by atoms with Crippen LogP contribution in [0.5, 0.6) is 0 Å². The number of methoxy groups -OCH3 is 2. The zero-order chi connectivity index (χ0) is 25.1. The second-order valence-electron chi connectivity index (χ2n) is 9.74. The zero-order valence-corrected chi connectivity index (χ0v) is 20.4. The minimum atomic E-state index is -4.41. The third kappa shape index (κ3) is 5.90. The third-order valence-electron chi connectivity index (χ3n) is 7.50. The van der Waals surface area contributed by atoms with E-state index in [1.54, 1.807) is 19.1 Å². The maximum atomic E-state index is 13.7. The lowest BCUT2D eigenvalue weighted by Crippen LogP contribution is -2.55. The maximum absolute atomic E-state index is 13.7. The summed E-state index contributed by atoms with van der Waals surface area (Å²) in [6.45, 7) is 3.34. The Balaban J connectivity index is 1.37. The number of hydrogen-bond donors (Lipinski definition) is 1. The van der Waals surface area contributed by atoms with Crippen molar-refractivity contribution >= 4 is 11.7 Å². The largest absolute Gasteiger partial charge is 0.416 e. The van der Waals surface area contributed by atoms with Gasteiger partial charge in [-0.15, -0.1) is 0 Å². The number of piperazine rings is 1. The molecule has 1 aromatic rings. The molecule has 1 amide bonds. The Morgan fingerprint density at radius 2 is 2.03 bits per heavy atom. The summed E-state index contributed by atoms with van der Waals surface area (Å²) >= 11 is 0. The maximum Gasteiger partial charge on any atom is 0.416 e. The van der Waals surface area contributed by atoms with Gasteiger partial charge in [0.2, 0.25) is 5.91 Å². The van der Waals surface area contributed by atoms with Gasteiger partial charge < -0.3 is 29.3 Å². The molecular formula is C24H35F3N4O4. The van der Waals surface area contributed by atoms with Gasteiger partial charge in [-0.25, -0.2) is 4.98 Å². The second-order valence-corrected chi connectivity index (χ2v) is 9.74. The van der Waals surface area contributed by atoms with Crippen molar-refractivity contribution in [2.75, 3.05) is 65.1 Å². The quantitative estimate of drug-likeness (QED) is 0.616. The first kappa shape index (κ1) is 26.1. The minimum Gasteiger partial charge on any atom is -0.384 e. The lowest BCUT2D eigenvalue weighted by Gasteiger charge is -2.40. The van der Waals surface area contributed by atoms with Crippen molar-refractivity contribution in [3.05, 3.63) is 23.9 Å². The van der Waals surface area contributed by atoms with Crippen LogP contribution in [0.4, 0.5) is 19.0 Å². The molecule has 1 unspecified atom stereocenters. The number of aromatic nitrogens is 1. The van der Waals surface area contributed by atoms with Gasteiger partial charge in [-0.3, -0.25) is 4.79 Å². The van der Waals surface area contributed by atoms with E-state index in [9.17, 15) is 18.0 Å². The molecule has 1 saturated carbocycles. The minimum absolute atomic E-state index is 0.00517. The number of rotatable bonds is 7. The Kier molecular flexibility index (Phi) is 8.19. The molecule has 196 valence electrons. The SMILES string of the molecule is COCC1(C(=O)N2CCN(c3cc(C(F)(F)F)ccn3)CC2)CC[C@@H](N[C@@H]2CCOC[C@H]2OC)C1. The second kappa shape index (κ2) is 11.0. The average Bonchev–Trinajstić information content (AvgIpc) is 3.27. The summed E-state index contributed by atoms with van der Waals surface area (Å²) in [5, 5.41) is 3.70. The first-order valence-electron chi connectivity index (χ1n) is 12.2. The Morgan fingerprint density at radius 1 is 1.26 bits per heavy atom. The van der Waals surface area contributed by atoms with E-state index < -0.39 is 17.2 Å². The number of carbonyl (C=O) groups is 1. The molecule has 1 N–H and O–H groups in total. The molecule has 1 aromatic heterocycles. The van der Waals surface area contributed by atoms with Crippen LogP contribution in [0.25, 0.3) is 0 Å². The fourth-order valence-electron chi connectivity index (χ4n) is 5.61. The van der Waals surface area contributed by atoms with Crippen LogP contribution in [0, 0.1) is 5.41 Å². The molecule has 4 rings (SSSR count). The summed E-state index contributed by atoms with van der Waals surface area (Å²) in [7, 11) is 3.31. The van der Waals surface area contributed by atoms with Gasteiger partial charge in [0.25, 0.3) is 0 Å². The van der Waals surface area contributed by atoms with Gasteiger partial charge in [-0.05, 0) is 37.8 Å². The molecular weight excluding hydrogens is 465 g/mol. The Labute approximate surface area is 204 Å². The van der Waals surface area contributed by atoms with E-state index in [1.165, 1.54) is 6.20 Å². The fourth-order valence-corrected chi connectivity index (χ4v) is 5.61. The Hall–Kier alpha value is -1.95. The number of nitrogens with zero attached hydrogens (tertiary/aromatic N) is 3. The van der Waals surface area contributed by atoms with Crippen molar-refractivity contribution in [3.63, 3.8) is 0 Å². The number of alkyl halides is 3. The molecule has 3 heterocycles. The third-order valence-corrected chi connectivity index (χ3v) is 7.50. The van der Waals surface area contributed by atoms with Gasteiger partial charge in [-0.1, -0.05) is 0 Å². The van der Waals surface area contributed by atoms with Gasteiger partial charge in [0.1, 0.15) is 5.82 Å². The van der Waals surface area contributed by atoms with Crippen molar-refractivity contribution in [1.29, 1.82) is 0 Å². The molecule has 1 aliphatic carbocycles. The van der Waals surface area contributed by atoms with Gasteiger partial charge >= 0.3 is 6.18 Å². The zero-order valence-electron chi connectivity index (χ0n) is 20.4. The number of halogens is 3. The van der Waals surface area contributed by atoms with Crippen LogP contribution >= 0.6 is 0 Å². The Bertz CT molecular complexity index is 865. The average molecular weight is 501 g/mol. The highest BCUT2D eigenvalue weighted by Crippen LogP contribution is 2.41. The molecule has 8 nitrogen and oxygen atoms in total. The molecule has 2 saturated heterocycles. The van der Waals surface area contributed by atoms with Gasteiger partial charge in [0.15, 0.2) is 0 Å². The topological polar surface area (TPSA) is 76.2 Å². The summed E-state index contributed by atoms with van der Waals surface area (Å²) in [5.74, 6) is 0.350. The van der Waals surface area contributed by atoms with Crippen LogP contribution in [-0.2, 0) is 25.2 Å². The summed E-state index contributed by atoms with van der Waals surface area (Å²) < 4.78 is 55.8. The van der Waals surface area contributed by atoms with Gasteiger partial charge in [0.05, 0.1) is 30.3 Å². The molecule has 35 heavy (non-hydrogen) atoms. The van der Waals surface area contributed by atoms with Crippen molar-refractivity contribution in [3.8, 4) is 0 Å². The van der Waals surface area contributed by atoms with Crippen LogP contribution in [0.15, 0.2) is 18.3 Å². The number of anilines is 1. The first-order valence-corrected chi connectivity index (χ1v) is 12.2. The van der Waals surface area contributed by atoms with Crippen LogP contribution in [0.2, 0.25) is 0 Å². The molecule has 11 heteroatoms. The standard InChI is InChI=1S/C24H35F3N4O4/c1-33-16-23(6-3-18(14-23)29-19-5-12-35-15-20(19)34-2)22(32)31-10-8-30(9-11-31)21-13-17(4-7-28-21)24(25,26)27/h4,7,13,18-20,29H,3,5-6,8-12,14-16H2,1-2H3/t18-,19-,20-,23?/m1/s1. The normalized spacial score (nSPS) is 30.0.